The van der Waals surface area contributed by atoms with Gasteiger partial charge in [-0.25, -0.2) is 0 Å². The van der Waals surface area contributed by atoms with E-state index in [1.54, 1.807) is 4.90 Å². The van der Waals surface area contributed by atoms with Gasteiger partial charge in [0.2, 0.25) is 5.91 Å². The minimum Gasteiger partial charge on any atom is -0.326 e. The lowest BCUT2D eigenvalue weighted by atomic mass is 10.2. The SMILES string of the molecule is Cc1ccccc1NC(=O)CCCN1C(=O)/C(=C/c2cccc(Br)c2)SC1=S. The third-order valence-electron chi connectivity index (χ3n) is 4.22. The summed E-state index contributed by atoms with van der Waals surface area (Å²) in [6.07, 6.45) is 2.72. The average molecular weight is 475 g/mol. The van der Waals surface area contributed by atoms with Gasteiger partial charge in [-0.2, -0.15) is 0 Å². The third kappa shape index (κ3) is 5.31. The number of amides is 2. The summed E-state index contributed by atoms with van der Waals surface area (Å²) < 4.78 is 1.49. The van der Waals surface area contributed by atoms with E-state index in [0.717, 1.165) is 21.3 Å². The summed E-state index contributed by atoms with van der Waals surface area (Å²) in [6.45, 7) is 2.38. The van der Waals surface area contributed by atoms with Crippen LogP contribution in [0, 0.1) is 6.92 Å². The van der Waals surface area contributed by atoms with E-state index < -0.39 is 0 Å². The molecule has 2 aromatic carbocycles. The van der Waals surface area contributed by atoms with Gasteiger partial charge in [0.25, 0.3) is 5.91 Å². The standard InChI is InChI=1S/C21H19BrN2O2S2/c1-14-6-2-3-9-17(14)23-19(25)10-5-11-24-20(26)18(28-21(24)27)13-15-7-4-8-16(22)12-15/h2-4,6-9,12-13H,5,10-11H2,1H3,(H,23,25)/b18-13-. The zero-order valence-electron chi connectivity index (χ0n) is 15.3. The summed E-state index contributed by atoms with van der Waals surface area (Å²) in [5.41, 5.74) is 2.77. The molecule has 4 nitrogen and oxygen atoms in total. The van der Waals surface area contributed by atoms with E-state index >= 15 is 0 Å². The van der Waals surface area contributed by atoms with Gasteiger partial charge >= 0.3 is 0 Å². The number of nitrogens with one attached hydrogen (secondary N) is 1. The Labute approximate surface area is 182 Å². The lowest BCUT2D eigenvalue weighted by Gasteiger charge is -2.14. The van der Waals surface area contributed by atoms with E-state index in [0.29, 0.717) is 28.6 Å². The molecular formula is C21H19BrN2O2S2. The molecule has 0 spiro atoms. The van der Waals surface area contributed by atoms with Crippen LogP contribution >= 0.6 is 39.9 Å². The Bertz CT molecular complexity index is 959. The first-order valence-corrected chi connectivity index (χ1v) is 10.8. The molecule has 1 saturated heterocycles. The van der Waals surface area contributed by atoms with E-state index in [-0.39, 0.29) is 11.8 Å². The van der Waals surface area contributed by atoms with Crippen LogP contribution in [0.15, 0.2) is 57.9 Å². The number of hydrogen-bond donors (Lipinski definition) is 1. The van der Waals surface area contributed by atoms with Crippen LogP contribution in [0.2, 0.25) is 0 Å². The summed E-state index contributed by atoms with van der Waals surface area (Å²) in [7, 11) is 0. The first kappa shape index (κ1) is 20.8. The first-order chi connectivity index (χ1) is 13.4. The molecule has 7 heteroatoms. The van der Waals surface area contributed by atoms with Crippen molar-refractivity contribution in [2.45, 2.75) is 19.8 Å². The minimum absolute atomic E-state index is 0.0654. The molecular weight excluding hydrogens is 456 g/mol. The van der Waals surface area contributed by atoms with Crippen LogP contribution in [0.5, 0.6) is 0 Å². The highest BCUT2D eigenvalue weighted by Gasteiger charge is 2.31. The van der Waals surface area contributed by atoms with Crippen molar-refractivity contribution in [2.75, 3.05) is 11.9 Å². The normalized spacial score (nSPS) is 15.4. The average Bonchev–Trinajstić information content (AvgIpc) is 2.91. The van der Waals surface area contributed by atoms with E-state index in [1.165, 1.54) is 11.8 Å². The maximum Gasteiger partial charge on any atom is 0.266 e. The van der Waals surface area contributed by atoms with Crippen molar-refractivity contribution in [1.82, 2.24) is 4.90 Å². The van der Waals surface area contributed by atoms with E-state index in [2.05, 4.69) is 21.2 Å². The molecule has 144 valence electrons. The molecule has 0 radical (unpaired) electrons. The predicted octanol–water partition coefficient (Wildman–Crippen LogP) is 5.38. The molecule has 1 heterocycles. The first-order valence-electron chi connectivity index (χ1n) is 8.80. The molecule has 28 heavy (non-hydrogen) atoms. The number of rotatable bonds is 6. The van der Waals surface area contributed by atoms with Crippen molar-refractivity contribution in [2.24, 2.45) is 0 Å². The van der Waals surface area contributed by atoms with Crippen molar-refractivity contribution in [1.29, 1.82) is 0 Å². The summed E-state index contributed by atoms with van der Waals surface area (Å²) in [4.78, 5) is 27.0. The minimum atomic E-state index is -0.103. The van der Waals surface area contributed by atoms with Crippen molar-refractivity contribution in [3.8, 4) is 0 Å². The van der Waals surface area contributed by atoms with Crippen molar-refractivity contribution in [3.05, 3.63) is 69.0 Å². The highest BCUT2D eigenvalue weighted by Crippen LogP contribution is 2.33. The van der Waals surface area contributed by atoms with Gasteiger partial charge in [-0.05, 0) is 48.7 Å². The van der Waals surface area contributed by atoms with Crippen LogP contribution in [-0.4, -0.2) is 27.6 Å². The Kier molecular flexibility index (Phi) is 7.04. The monoisotopic (exact) mass is 474 g/mol. The number of para-hydroxylation sites is 1. The quantitative estimate of drug-likeness (QED) is 0.451. The Hall–Kier alpha value is -1.96. The number of nitrogens with zero attached hydrogens (tertiary/aromatic N) is 1. The molecule has 2 amide bonds. The molecule has 0 bridgehead atoms. The Balaban J connectivity index is 1.55. The van der Waals surface area contributed by atoms with Crippen molar-refractivity contribution < 1.29 is 9.59 Å². The van der Waals surface area contributed by atoms with Crippen LogP contribution in [-0.2, 0) is 9.59 Å². The fourth-order valence-electron chi connectivity index (χ4n) is 2.76. The second-order valence-electron chi connectivity index (χ2n) is 6.36. The maximum absolute atomic E-state index is 12.7. The molecule has 2 aromatic rings. The fourth-order valence-corrected chi connectivity index (χ4v) is 4.49. The number of benzene rings is 2. The molecule has 0 saturated carbocycles. The van der Waals surface area contributed by atoms with Gasteiger partial charge < -0.3 is 5.32 Å². The second-order valence-corrected chi connectivity index (χ2v) is 8.95. The smallest absolute Gasteiger partial charge is 0.266 e. The molecule has 0 aromatic heterocycles. The number of anilines is 1. The van der Waals surface area contributed by atoms with Crippen LogP contribution in [0.1, 0.15) is 24.0 Å². The van der Waals surface area contributed by atoms with Gasteiger partial charge in [0.05, 0.1) is 4.91 Å². The van der Waals surface area contributed by atoms with Gasteiger partial charge in [0.15, 0.2) is 0 Å². The molecule has 1 fully saturated rings. The van der Waals surface area contributed by atoms with Gasteiger partial charge in [0.1, 0.15) is 4.32 Å². The summed E-state index contributed by atoms with van der Waals surface area (Å²) in [6, 6.07) is 15.4. The molecule has 0 unspecified atom stereocenters. The van der Waals surface area contributed by atoms with Gasteiger partial charge in [-0.15, -0.1) is 0 Å². The van der Waals surface area contributed by atoms with E-state index in [9.17, 15) is 9.59 Å². The Morgan fingerprint density at radius 2 is 2.04 bits per heavy atom. The molecule has 1 aliphatic rings. The number of halogens is 1. The maximum atomic E-state index is 12.7. The van der Waals surface area contributed by atoms with Crippen LogP contribution in [0.25, 0.3) is 6.08 Å². The van der Waals surface area contributed by atoms with Gasteiger partial charge in [-0.3, -0.25) is 14.5 Å². The second kappa shape index (κ2) is 9.49. The van der Waals surface area contributed by atoms with E-state index in [4.69, 9.17) is 12.2 Å². The lowest BCUT2D eigenvalue weighted by molar-refractivity contribution is -0.122. The summed E-state index contributed by atoms with van der Waals surface area (Å²) in [5.74, 6) is -0.168. The number of hydrogen-bond acceptors (Lipinski definition) is 4. The predicted molar refractivity (Wildman–Crippen MR) is 123 cm³/mol. The molecule has 3 rings (SSSR count). The number of aryl methyl sites for hydroxylation is 1. The molecule has 0 aliphatic carbocycles. The third-order valence-corrected chi connectivity index (χ3v) is 6.10. The number of thioether (sulfide) groups is 1. The topological polar surface area (TPSA) is 49.4 Å². The highest BCUT2D eigenvalue weighted by atomic mass is 79.9. The molecule has 1 aliphatic heterocycles. The molecule has 1 N–H and O–H groups in total. The molecule has 0 atom stereocenters. The summed E-state index contributed by atoms with van der Waals surface area (Å²) >= 11 is 10.1. The fraction of sp³-hybridized carbons (Fsp3) is 0.190. The van der Waals surface area contributed by atoms with Crippen molar-refractivity contribution >= 4 is 67.8 Å². The summed E-state index contributed by atoms with van der Waals surface area (Å²) in [5, 5.41) is 2.91. The Morgan fingerprint density at radius 3 is 2.79 bits per heavy atom. The number of carbonyl (C=O) groups is 2. The largest absolute Gasteiger partial charge is 0.326 e. The van der Waals surface area contributed by atoms with Gasteiger partial charge in [-0.1, -0.05) is 70.2 Å². The zero-order valence-corrected chi connectivity index (χ0v) is 18.5. The highest BCUT2D eigenvalue weighted by molar-refractivity contribution is 9.10. The van der Waals surface area contributed by atoms with Crippen LogP contribution < -0.4 is 5.32 Å². The van der Waals surface area contributed by atoms with Crippen LogP contribution in [0.4, 0.5) is 5.69 Å². The van der Waals surface area contributed by atoms with Gasteiger partial charge in [0, 0.05) is 23.1 Å². The zero-order chi connectivity index (χ0) is 20.1. The number of thiocarbonyl (C=S) groups is 1. The lowest BCUT2D eigenvalue weighted by Crippen LogP contribution is -2.29. The number of carbonyl (C=O) groups excluding carboxylic acids is 2. The van der Waals surface area contributed by atoms with E-state index in [1.807, 2.05) is 61.5 Å². The van der Waals surface area contributed by atoms with Crippen molar-refractivity contribution in [3.63, 3.8) is 0 Å². The van der Waals surface area contributed by atoms with Crippen LogP contribution in [0.3, 0.4) is 0 Å². The Morgan fingerprint density at radius 1 is 1.25 bits per heavy atom.